The SMILES string of the molecule is C/C=C/CCCOc1cnc(-c2ccc(C#N)cc2)nc1. The minimum atomic E-state index is 0.625. The largest absolute Gasteiger partial charge is 0.490 e. The van der Waals surface area contributed by atoms with Crippen LogP contribution in [0.15, 0.2) is 48.8 Å². The summed E-state index contributed by atoms with van der Waals surface area (Å²) >= 11 is 0. The normalized spacial score (nSPS) is 10.5. The van der Waals surface area contributed by atoms with E-state index in [1.807, 2.05) is 25.1 Å². The van der Waals surface area contributed by atoms with Gasteiger partial charge in [0.25, 0.3) is 0 Å². The highest BCUT2D eigenvalue weighted by atomic mass is 16.5. The van der Waals surface area contributed by atoms with Crippen molar-refractivity contribution in [3.63, 3.8) is 0 Å². The Hall–Kier alpha value is -2.67. The quantitative estimate of drug-likeness (QED) is 0.597. The van der Waals surface area contributed by atoms with Crippen molar-refractivity contribution in [1.82, 2.24) is 9.97 Å². The molecule has 0 aliphatic carbocycles. The maximum absolute atomic E-state index is 8.77. The summed E-state index contributed by atoms with van der Waals surface area (Å²) in [6.07, 6.45) is 9.50. The second-order valence-corrected chi connectivity index (χ2v) is 4.49. The van der Waals surface area contributed by atoms with E-state index in [4.69, 9.17) is 10.00 Å². The zero-order chi connectivity index (χ0) is 14.9. The van der Waals surface area contributed by atoms with E-state index in [1.165, 1.54) is 0 Å². The van der Waals surface area contributed by atoms with Crippen LogP contribution < -0.4 is 4.74 Å². The van der Waals surface area contributed by atoms with E-state index in [0.717, 1.165) is 18.4 Å². The molecule has 0 unspecified atom stereocenters. The van der Waals surface area contributed by atoms with Gasteiger partial charge in [0.05, 0.1) is 30.6 Å². The number of nitrogens with zero attached hydrogens (tertiary/aromatic N) is 3. The lowest BCUT2D eigenvalue weighted by molar-refractivity contribution is 0.309. The molecule has 1 aromatic heterocycles. The van der Waals surface area contributed by atoms with Crippen molar-refractivity contribution in [2.75, 3.05) is 6.61 Å². The summed E-state index contributed by atoms with van der Waals surface area (Å²) in [5.41, 5.74) is 1.51. The lowest BCUT2D eigenvalue weighted by Gasteiger charge is -2.05. The number of rotatable bonds is 6. The molecule has 21 heavy (non-hydrogen) atoms. The molecule has 1 heterocycles. The summed E-state index contributed by atoms with van der Waals surface area (Å²) in [6.45, 7) is 2.67. The fourth-order valence-corrected chi connectivity index (χ4v) is 1.79. The van der Waals surface area contributed by atoms with Gasteiger partial charge in [0.2, 0.25) is 0 Å². The van der Waals surface area contributed by atoms with Crippen molar-refractivity contribution in [2.24, 2.45) is 0 Å². The van der Waals surface area contributed by atoms with Gasteiger partial charge in [-0.1, -0.05) is 12.2 Å². The van der Waals surface area contributed by atoms with Crippen LogP contribution in [0, 0.1) is 11.3 Å². The second-order valence-electron chi connectivity index (χ2n) is 4.49. The third-order valence-electron chi connectivity index (χ3n) is 2.92. The first-order valence-electron chi connectivity index (χ1n) is 6.90. The molecule has 0 saturated heterocycles. The molecule has 0 N–H and O–H groups in total. The third-order valence-corrected chi connectivity index (χ3v) is 2.92. The minimum absolute atomic E-state index is 0.625. The van der Waals surface area contributed by atoms with E-state index in [2.05, 4.69) is 22.1 Å². The first-order chi connectivity index (χ1) is 10.3. The Morgan fingerprint density at radius 3 is 2.52 bits per heavy atom. The van der Waals surface area contributed by atoms with Gasteiger partial charge in [-0.2, -0.15) is 5.26 Å². The average Bonchev–Trinajstić information content (AvgIpc) is 2.55. The topological polar surface area (TPSA) is 58.8 Å². The van der Waals surface area contributed by atoms with Crippen molar-refractivity contribution >= 4 is 0 Å². The zero-order valence-corrected chi connectivity index (χ0v) is 12.0. The Morgan fingerprint density at radius 2 is 1.90 bits per heavy atom. The smallest absolute Gasteiger partial charge is 0.159 e. The molecule has 0 radical (unpaired) electrons. The summed E-state index contributed by atoms with van der Waals surface area (Å²) < 4.78 is 5.58. The summed E-state index contributed by atoms with van der Waals surface area (Å²) in [6, 6.07) is 9.27. The van der Waals surface area contributed by atoms with Crippen LogP contribution in [0.4, 0.5) is 0 Å². The molecular weight excluding hydrogens is 262 g/mol. The van der Waals surface area contributed by atoms with Gasteiger partial charge in [-0.15, -0.1) is 0 Å². The van der Waals surface area contributed by atoms with Gasteiger partial charge >= 0.3 is 0 Å². The molecule has 0 aliphatic heterocycles. The fourth-order valence-electron chi connectivity index (χ4n) is 1.79. The number of hydrogen-bond acceptors (Lipinski definition) is 4. The van der Waals surface area contributed by atoms with Crippen molar-refractivity contribution in [1.29, 1.82) is 5.26 Å². The molecule has 0 aliphatic rings. The summed E-state index contributed by atoms with van der Waals surface area (Å²) in [7, 11) is 0. The number of allylic oxidation sites excluding steroid dienone is 2. The van der Waals surface area contributed by atoms with Crippen molar-refractivity contribution < 1.29 is 4.74 Å². The molecule has 0 amide bonds. The Kier molecular flexibility index (Phi) is 5.48. The van der Waals surface area contributed by atoms with Crippen molar-refractivity contribution in [3.05, 3.63) is 54.4 Å². The Balaban J connectivity index is 1.93. The molecule has 4 heteroatoms. The van der Waals surface area contributed by atoms with Gasteiger partial charge in [0, 0.05) is 5.56 Å². The fraction of sp³-hybridized carbons (Fsp3) is 0.235. The van der Waals surface area contributed by atoms with Crippen LogP contribution in [-0.2, 0) is 0 Å². The van der Waals surface area contributed by atoms with Crippen LogP contribution in [0.25, 0.3) is 11.4 Å². The Labute approximate surface area is 124 Å². The molecule has 2 aromatic rings. The van der Waals surface area contributed by atoms with Crippen LogP contribution in [0.1, 0.15) is 25.3 Å². The van der Waals surface area contributed by atoms with Crippen molar-refractivity contribution in [3.8, 4) is 23.2 Å². The van der Waals surface area contributed by atoms with E-state index < -0.39 is 0 Å². The highest BCUT2D eigenvalue weighted by Crippen LogP contribution is 2.17. The van der Waals surface area contributed by atoms with E-state index in [1.54, 1.807) is 24.5 Å². The predicted molar refractivity (Wildman–Crippen MR) is 81.7 cm³/mol. The second kappa shape index (κ2) is 7.81. The van der Waals surface area contributed by atoms with Crippen LogP contribution >= 0.6 is 0 Å². The predicted octanol–water partition coefficient (Wildman–Crippen LogP) is 3.75. The van der Waals surface area contributed by atoms with E-state index in [0.29, 0.717) is 23.7 Å². The number of ether oxygens (including phenoxy) is 1. The van der Waals surface area contributed by atoms with Gasteiger partial charge < -0.3 is 4.74 Å². The summed E-state index contributed by atoms with van der Waals surface area (Å²) in [5, 5.41) is 8.77. The van der Waals surface area contributed by atoms with Gasteiger partial charge in [-0.25, -0.2) is 9.97 Å². The van der Waals surface area contributed by atoms with Gasteiger partial charge in [-0.05, 0) is 44.0 Å². The van der Waals surface area contributed by atoms with Crippen LogP contribution in [0.5, 0.6) is 5.75 Å². The first-order valence-corrected chi connectivity index (χ1v) is 6.90. The summed E-state index contributed by atoms with van der Waals surface area (Å²) in [5.74, 6) is 1.30. The molecule has 106 valence electrons. The number of nitriles is 1. The standard InChI is InChI=1S/C17H17N3O/c1-2-3-4-5-10-21-16-12-19-17(20-13-16)15-8-6-14(11-18)7-9-15/h2-3,6-9,12-13H,4-5,10H2,1H3/b3-2+. The molecule has 4 nitrogen and oxygen atoms in total. The minimum Gasteiger partial charge on any atom is -0.490 e. The monoisotopic (exact) mass is 279 g/mol. The lowest BCUT2D eigenvalue weighted by Crippen LogP contribution is -1.98. The number of benzene rings is 1. The number of aromatic nitrogens is 2. The summed E-state index contributed by atoms with van der Waals surface area (Å²) in [4.78, 5) is 8.57. The third kappa shape index (κ3) is 4.43. The molecule has 0 atom stereocenters. The molecule has 0 bridgehead atoms. The van der Waals surface area contributed by atoms with Crippen LogP contribution in [0.3, 0.4) is 0 Å². The maximum Gasteiger partial charge on any atom is 0.159 e. The molecule has 0 fully saturated rings. The van der Waals surface area contributed by atoms with Crippen molar-refractivity contribution in [2.45, 2.75) is 19.8 Å². The first kappa shape index (κ1) is 14.7. The van der Waals surface area contributed by atoms with Gasteiger partial charge in [-0.3, -0.25) is 0 Å². The number of unbranched alkanes of at least 4 members (excludes halogenated alkanes) is 1. The zero-order valence-electron chi connectivity index (χ0n) is 12.0. The van der Waals surface area contributed by atoms with Gasteiger partial charge in [0.1, 0.15) is 0 Å². The van der Waals surface area contributed by atoms with E-state index in [-0.39, 0.29) is 0 Å². The van der Waals surface area contributed by atoms with Crippen LogP contribution in [-0.4, -0.2) is 16.6 Å². The Morgan fingerprint density at radius 1 is 1.19 bits per heavy atom. The Bertz CT molecular complexity index is 625. The lowest BCUT2D eigenvalue weighted by atomic mass is 10.1. The van der Waals surface area contributed by atoms with Crippen LogP contribution in [0.2, 0.25) is 0 Å². The molecule has 2 rings (SSSR count). The average molecular weight is 279 g/mol. The molecule has 0 saturated carbocycles. The van der Waals surface area contributed by atoms with E-state index >= 15 is 0 Å². The highest BCUT2D eigenvalue weighted by molar-refractivity contribution is 5.56. The van der Waals surface area contributed by atoms with Gasteiger partial charge in [0.15, 0.2) is 11.6 Å². The molecule has 1 aromatic carbocycles. The highest BCUT2D eigenvalue weighted by Gasteiger charge is 2.02. The maximum atomic E-state index is 8.77. The molecule has 0 spiro atoms. The molecular formula is C17H17N3O. The van der Waals surface area contributed by atoms with E-state index in [9.17, 15) is 0 Å². The number of hydrogen-bond donors (Lipinski definition) is 0.